The van der Waals surface area contributed by atoms with Crippen LogP contribution in [0.5, 0.6) is 0 Å². The van der Waals surface area contributed by atoms with Crippen molar-refractivity contribution in [1.82, 2.24) is 4.90 Å². The molecule has 0 spiro atoms. The second kappa shape index (κ2) is 10.5. The van der Waals surface area contributed by atoms with E-state index in [0.29, 0.717) is 25.8 Å². The fourth-order valence-corrected chi connectivity index (χ4v) is 3.24. The first-order chi connectivity index (χ1) is 11.1. The Balaban J connectivity index is 2.25. The van der Waals surface area contributed by atoms with Crippen LogP contribution >= 0.6 is 0 Å². The van der Waals surface area contributed by atoms with Crippen LogP contribution in [0.25, 0.3) is 0 Å². The number of aliphatic hydroxyl groups excluding tert-OH is 3. The summed E-state index contributed by atoms with van der Waals surface area (Å²) < 4.78 is 0. The fraction of sp³-hybridized carbons (Fsp3) is 0.765. The lowest BCUT2D eigenvalue weighted by Crippen LogP contribution is -2.30. The fourth-order valence-electron chi connectivity index (χ4n) is 3.24. The van der Waals surface area contributed by atoms with E-state index in [9.17, 15) is 24.9 Å². The summed E-state index contributed by atoms with van der Waals surface area (Å²) in [7, 11) is 0. The first-order valence-electron chi connectivity index (χ1n) is 8.45. The molecular weight excluding hydrogens is 298 g/mol. The molecule has 6 heteroatoms. The summed E-state index contributed by atoms with van der Waals surface area (Å²) in [6.07, 6.45) is 8.86. The Bertz CT molecular complexity index is 373. The lowest BCUT2D eigenvalue weighted by Gasteiger charge is -2.32. The van der Waals surface area contributed by atoms with Crippen LogP contribution in [-0.4, -0.2) is 58.4 Å². The largest absolute Gasteiger partial charge is 0.396 e. The molecule has 0 aliphatic carbocycles. The van der Waals surface area contributed by atoms with Crippen LogP contribution in [0.15, 0.2) is 12.2 Å². The number of amides is 2. The standard InChI is InChI=1S/C17H29NO5/c19-12-8-17(9-13-20,10-14-21)7-3-1-2-4-11-18-15(22)5-6-16(18)23/h5-6,19-21H,1-4,7-14H2. The van der Waals surface area contributed by atoms with Gasteiger partial charge in [-0.05, 0) is 37.5 Å². The summed E-state index contributed by atoms with van der Waals surface area (Å²) >= 11 is 0. The van der Waals surface area contributed by atoms with Gasteiger partial charge in [0.05, 0.1) is 0 Å². The zero-order valence-electron chi connectivity index (χ0n) is 13.7. The molecule has 0 atom stereocenters. The van der Waals surface area contributed by atoms with Crippen molar-refractivity contribution < 1.29 is 24.9 Å². The Hall–Kier alpha value is -1.24. The van der Waals surface area contributed by atoms with Crippen molar-refractivity contribution in [2.75, 3.05) is 26.4 Å². The van der Waals surface area contributed by atoms with Gasteiger partial charge in [0.2, 0.25) is 0 Å². The summed E-state index contributed by atoms with van der Waals surface area (Å²) in [4.78, 5) is 24.1. The molecule has 0 saturated heterocycles. The normalized spacial score (nSPS) is 15.0. The van der Waals surface area contributed by atoms with Crippen molar-refractivity contribution in [3.05, 3.63) is 12.2 Å². The van der Waals surface area contributed by atoms with Crippen molar-refractivity contribution in [3.63, 3.8) is 0 Å². The third-order valence-electron chi connectivity index (χ3n) is 4.67. The second-order valence-electron chi connectivity index (χ2n) is 6.25. The number of carbonyl (C=O) groups is 2. The summed E-state index contributed by atoms with van der Waals surface area (Å²) in [6, 6.07) is 0. The summed E-state index contributed by atoms with van der Waals surface area (Å²) in [6.45, 7) is 0.643. The maximum absolute atomic E-state index is 11.4. The van der Waals surface area contributed by atoms with Crippen LogP contribution in [0.3, 0.4) is 0 Å². The number of carbonyl (C=O) groups excluding carboxylic acids is 2. The minimum Gasteiger partial charge on any atom is -0.396 e. The van der Waals surface area contributed by atoms with Gasteiger partial charge in [0.25, 0.3) is 11.8 Å². The quantitative estimate of drug-likeness (QED) is 0.346. The molecule has 1 rings (SSSR count). The lowest BCUT2D eigenvalue weighted by atomic mass is 9.74. The molecule has 0 fully saturated rings. The first-order valence-corrected chi connectivity index (χ1v) is 8.45. The lowest BCUT2D eigenvalue weighted by molar-refractivity contribution is -0.136. The highest BCUT2D eigenvalue weighted by molar-refractivity contribution is 6.12. The molecule has 0 aromatic rings. The number of hydrogen-bond acceptors (Lipinski definition) is 5. The number of unbranched alkanes of at least 4 members (excludes halogenated alkanes) is 3. The third-order valence-corrected chi connectivity index (χ3v) is 4.67. The van der Waals surface area contributed by atoms with Gasteiger partial charge in [0.15, 0.2) is 0 Å². The molecule has 132 valence electrons. The van der Waals surface area contributed by atoms with E-state index < -0.39 is 0 Å². The van der Waals surface area contributed by atoms with Gasteiger partial charge in [-0.15, -0.1) is 0 Å². The second-order valence-corrected chi connectivity index (χ2v) is 6.25. The Morgan fingerprint density at radius 2 is 1.22 bits per heavy atom. The predicted octanol–water partition coefficient (Wildman–Crippen LogP) is 0.995. The Morgan fingerprint density at radius 3 is 1.70 bits per heavy atom. The van der Waals surface area contributed by atoms with Crippen LogP contribution in [-0.2, 0) is 9.59 Å². The van der Waals surface area contributed by atoms with Crippen LogP contribution < -0.4 is 0 Å². The summed E-state index contributed by atoms with van der Waals surface area (Å²) in [5, 5.41) is 27.7. The van der Waals surface area contributed by atoms with E-state index in [1.54, 1.807) is 0 Å². The van der Waals surface area contributed by atoms with Gasteiger partial charge in [-0.2, -0.15) is 0 Å². The molecular formula is C17H29NO5. The molecule has 0 aromatic heterocycles. The molecule has 6 nitrogen and oxygen atoms in total. The van der Waals surface area contributed by atoms with Crippen LogP contribution in [0.2, 0.25) is 0 Å². The van der Waals surface area contributed by atoms with Gasteiger partial charge < -0.3 is 15.3 Å². The molecule has 0 bridgehead atoms. The maximum Gasteiger partial charge on any atom is 0.253 e. The van der Waals surface area contributed by atoms with Crippen LogP contribution in [0.1, 0.15) is 51.4 Å². The number of aliphatic hydroxyl groups is 3. The Labute approximate surface area is 137 Å². The van der Waals surface area contributed by atoms with Crippen molar-refractivity contribution in [3.8, 4) is 0 Å². The molecule has 0 saturated carbocycles. The van der Waals surface area contributed by atoms with E-state index in [2.05, 4.69) is 0 Å². The molecule has 0 radical (unpaired) electrons. The van der Waals surface area contributed by atoms with Gasteiger partial charge in [0, 0.05) is 38.5 Å². The van der Waals surface area contributed by atoms with Gasteiger partial charge in [-0.1, -0.05) is 19.3 Å². The topological polar surface area (TPSA) is 98.1 Å². The van der Waals surface area contributed by atoms with E-state index in [1.807, 2.05) is 0 Å². The van der Waals surface area contributed by atoms with Gasteiger partial charge in [0.1, 0.15) is 0 Å². The molecule has 3 N–H and O–H groups in total. The zero-order chi connectivity index (χ0) is 17.1. The first kappa shape index (κ1) is 19.8. The molecule has 23 heavy (non-hydrogen) atoms. The average Bonchev–Trinajstić information content (AvgIpc) is 2.83. The smallest absolute Gasteiger partial charge is 0.253 e. The van der Waals surface area contributed by atoms with Crippen LogP contribution in [0, 0.1) is 5.41 Å². The van der Waals surface area contributed by atoms with Gasteiger partial charge in [-0.25, -0.2) is 0 Å². The highest BCUT2D eigenvalue weighted by Gasteiger charge is 2.28. The monoisotopic (exact) mass is 327 g/mol. The van der Waals surface area contributed by atoms with Crippen molar-refractivity contribution in [2.24, 2.45) is 5.41 Å². The number of hydrogen-bond donors (Lipinski definition) is 3. The Kier molecular flexibility index (Phi) is 9.06. The van der Waals surface area contributed by atoms with E-state index in [0.717, 1.165) is 32.1 Å². The minimum absolute atomic E-state index is 0.0617. The van der Waals surface area contributed by atoms with E-state index in [4.69, 9.17) is 0 Å². The molecule has 0 aromatic carbocycles. The molecule has 1 aliphatic rings. The Morgan fingerprint density at radius 1 is 0.739 bits per heavy atom. The number of nitrogens with zero attached hydrogens (tertiary/aromatic N) is 1. The van der Waals surface area contributed by atoms with Gasteiger partial charge >= 0.3 is 0 Å². The predicted molar refractivity (Wildman–Crippen MR) is 86.5 cm³/mol. The highest BCUT2D eigenvalue weighted by Crippen LogP contribution is 2.36. The summed E-state index contributed by atoms with van der Waals surface area (Å²) in [5.74, 6) is -0.467. The summed E-state index contributed by atoms with van der Waals surface area (Å²) in [5.41, 5.74) is -0.191. The minimum atomic E-state index is -0.233. The number of imide groups is 1. The van der Waals surface area contributed by atoms with E-state index in [1.165, 1.54) is 17.1 Å². The van der Waals surface area contributed by atoms with Crippen LogP contribution in [0.4, 0.5) is 0 Å². The van der Waals surface area contributed by atoms with E-state index in [-0.39, 0.29) is 37.0 Å². The van der Waals surface area contributed by atoms with Crippen molar-refractivity contribution in [2.45, 2.75) is 51.4 Å². The molecule has 0 unspecified atom stereocenters. The molecule has 1 aliphatic heterocycles. The van der Waals surface area contributed by atoms with Crippen molar-refractivity contribution >= 4 is 11.8 Å². The van der Waals surface area contributed by atoms with Crippen molar-refractivity contribution in [1.29, 1.82) is 0 Å². The molecule has 1 heterocycles. The SMILES string of the molecule is O=C1C=CC(=O)N1CCCCCCC(CCO)(CCO)CCO. The van der Waals surface area contributed by atoms with E-state index >= 15 is 0 Å². The third kappa shape index (κ3) is 6.41. The zero-order valence-corrected chi connectivity index (χ0v) is 13.7. The maximum atomic E-state index is 11.4. The number of rotatable bonds is 13. The average molecular weight is 327 g/mol. The molecule has 2 amide bonds. The van der Waals surface area contributed by atoms with Gasteiger partial charge in [-0.3, -0.25) is 14.5 Å². The highest BCUT2D eigenvalue weighted by atomic mass is 16.3.